The van der Waals surface area contributed by atoms with Gasteiger partial charge in [0.05, 0.1) is 30.9 Å². The van der Waals surface area contributed by atoms with E-state index in [-0.39, 0.29) is 12.0 Å². The number of morpholine rings is 1. The van der Waals surface area contributed by atoms with Crippen LogP contribution in [-0.2, 0) is 11.3 Å². The number of ether oxygens (including phenoxy) is 3. The highest BCUT2D eigenvalue weighted by atomic mass is 35.5. The van der Waals surface area contributed by atoms with E-state index in [0.29, 0.717) is 48.5 Å². The van der Waals surface area contributed by atoms with Gasteiger partial charge in [-0.05, 0) is 17.7 Å². The first-order valence-corrected chi connectivity index (χ1v) is 10.3. The number of carbonyl (C=O) groups is 1. The van der Waals surface area contributed by atoms with Gasteiger partial charge in [0.1, 0.15) is 0 Å². The summed E-state index contributed by atoms with van der Waals surface area (Å²) in [5.41, 5.74) is 1.73. The molecule has 1 fully saturated rings. The summed E-state index contributed by atoms with van der Waals surface area (Å²) in [6.45, 7) is 4.73. The van der Waals surface area contributed by atoms with Gasteiger partial charge in [0.25, 0.3) is 5.91 Å². The third-order valence-corrected chi connectivity index (χ3v) is 5.31. The molecule has 0 aliphatic carbocycles. The van der Waals surface area contributed by atoms with Crippen molar-refractivity contribution in [3.8, 4) is 11.5 Å². The second-order valence-corrected chi connectivity index (χ2v) is 7.67. The van der Waals surface area contributed by atoms with E-state index in [2.05, 4.69) is 22.3 Å². The molecule has 1 amide bonds. The molecule has 2 aliphatic heterocycles. The summed E-state index contributed by atoms with van der Waals surface area (Å²) in [4.78, 5) is 15.0. The number of nitrogens with zero attached hydrogens (tertiary/aromatic N) is 1. The minimum Gasteiger partial charge on any atom is -0.489 e. The molecule has 0 spiro atoms. The average molecular weight is 417 g/mol. The lowest BCUT2D eigenvalue weighted by atomic mass is 10.1. The summed E-state index contributed by atoms with van der Waals surface area (Å²) in [5, 5.41) is 3.34. The monoisotopic (exact) mass is 416 g/mol. The first-order valence-electron chi connectivity index (χ1n) is 9.94. The second-order valence-electron chi connectivity index (χ2n) is 7.26. The molecule has 0 radical (unpaired) electrons. The van der Waals surface area contributed by atoms with E-state index >= 15 is 0 Å². The Hall–Kier alpha value is -2.28. The fourth-order valence-electron chi connectivity index (χ4n) is 3.56. The molecule has 1 N–H and O–H groups in total. The van der Waals surface area contributed by atoms with Gasteiger partial charge in [0, 0.05) is 38.2 Å². The van der Waals surface area contributed by atoms with Crippen LogP contribution in [-0.4, -0.2) is 56.4 Å². The van der Waals surface area contributed by atoms with Crippen molar-refractivity contribution < 1.29 is 19.0 Å². The van der Waals surface area contributed by atoms with Crippen LogP contribution in [0.2, 0.25) is 5.02 Å². The second kappa shape index (κ2) is 9.48. The minimum absolute atomic E-state index is 0.0488. The van der Waals surface area contributed by atoms with E-state index < -0.39 is 0 Å². The lowest BCUT2D eigenvalue weighted by Gasteiger charge is -2.33. The van der Waals surface area contributed by atoms with Gasteiger partial charge < -0.3 is 19.5 Å². The molecular weight excluding hydrogens is 392 g/mol. The van der Waals surface area contributed by atoms with Crippen molar-refractivity contribution in [3.05, 3.63) is 58.6 Å². The molecule has 1 unspecified atom stereocenters. The van der Waals surface area contributed by atoms with E-state index in [0.717, 1.165) is 26.1 Å². The standard InChI is InChI=1S/C22H25ClN2O4/c23-19-11-17(12-20-21(19)29-9-4-8-28-20)22(26)24-13-18-15-25(7-10-27-18)14-16-5-2-1-3-6-16/h1-3,5-6,11-12,18H,4,7-10,13-15H2,(H,24,26). The van der Waals surface area contributed by atoms with E-state index in [4.69, 9.17) is 25.8 Å². The molecule has 2 aliphatic rings. The van der Waals surface area contributed by atoms with E-state index in [9.17, 15) is 4.79 Å². The topological polar surface area (TPSA) is 60.0 Å². The third kappa shape index (κ3) is 5.21. The van der Waals surface area contributed by atoms with Gasteiger partial charge in [-0.2, -0.15) is 0 Å². The molecule has 4 rings (SSSR count). The quantitative estimate of drug-likeness (QED) is 0.811. The van der Waals surface area contributed by atoms with Crippen LogP contribution in [0.3, 0.4) is 0 Å². The number of nitrogens with one attached hydrogen (secondary N) is 1. The number of rotatable bonds is 5. The van der Waals surface area contributed by atoms with Crippen molar-refractivity contribution in [1.82, 2.24) is 10.2 Å². The highest BCUT2D eigenvalue weighted by Crippen LogP contribution is 2.37. The van der Waals surface area contributed by atoms with Crippen molar-refractivity contribution in [3.63, 3.8) is 0 Å². The van der Waals surface area contributed by atoms with E-state index in [1.165, 1.54) is 5.56 Å². The largest absolute Gasteiger partial charge is 0.489 e. The molecule has 0 aromatic heterocycles. The molecule has 0 bridgehead atoms. The van der Waals surface area contributed by atoms with Gasteiger partial charge in [-0.15, -0.1) is 0 Å². The van der Waals surface area contributed by atoms with E-state index in [1.807, 2.05) is 18.2 Å². The maximum absolute atomic E-state index is 12.6. The third-order valence-electron chi connectivity index (χ3n) is 5.03. The maximum atomic E-state index is 12.6. The number of carbonyl (C=O) groups excluding carboxylic acids is 1. The highest BCUT2D eigenvalue weighted by Gasteiger charge is 2.22. The van der Waals surface area contributed by atoms with Crippen LogP contribution in [0.25, 0.3) is 0 Å². The molecule has 154 valence electrons. The summed E-state index contributed by atoms with van der Waals surface area (Å²) in [5.74, 6) is 0.822. The zero-order chi connectivity index (χ0) is 20.1. The van der Waals surface area contributed by atoms with Crippen molar-refractivity contribution in [2.75, 3.05) is 39.5 Å². The predicted molar refractivity (Wildman–Crippen MR) is 111 cm³/mol. The smallest absolute Gasteiger partial charge is 0.251 e. The minimum atomic E-state index is -0.202. The lowest BCUT2D eigenvalue weighted by Crippen LogP contribution is -2.47. The molecule has 2 aromatic carbocycles. The Balaban J connectivity index is 1.33. The number of benzene rings is 2. The van der Waals surface area contributed by atoms with Gasteiger partial charge >= 0.3 is 0 Å². The fraction of sp³-hybridized carbons (Fsp3) is 0.409. The molecule has 2 aromatic rings. The number of halogens is 1. The van der Waals surface area contributed by atoms with Crippen LogP contribution in [0.5, 0.6) is 11.5 Å². The molecule has 2 heterocycles. The Morgan fingerprint density at radius 3 is 2.83 bits per heavy atom. The molecule has 6 nitrogen and oxygen atoms in total. The summed E-state index contributed by atoms with van der Waals surface area (Å²) in [6.07, 6.45) is 0.734. The van der Waals surface area contributed by atoms with Crippen LogP contribution in [0.1, 0.15) is 22.3 Å². The summed E-state index contributed by atoms with van der Waals surface area (Å²) >= 11 is 6.29. The number of hydrogen-bond acceptors (Lipinski definition) is 5. The van der Waals surface area contributed by atoms with Crippen molar-refractivity contribution in [2.45, 2.75) is 19.1 Å². The molecule has 0 saturated carbocycles. The molecule has 1 saturated heterocycles. The molecule has 7 heteroatoms. The van der Waals surface area contributed by atoms with Crippen molar-refractivity contribution in [1.29, 1.82) is 0 Å². The lowest BCUT2D eigenvalue weighted by molar-refractivity contribution is -0.0292. The SMILES string of the molecule is O=C(NCC1CN(Cc2ccccc2)CCO1)c1cc(Cl)c2c(c1)OCCCO2. The van der Waals surface area contributed by atoms with Gasteiger partial charge in [0.15, 0.2) is 11.5 Å². The van der Waals surface area contributed by atoms with Gasteiger partial charge in [-0.3, -0.25) is 9.69 Å². The summed E-state index contributed by atoms with van der Waals surface area (Å²) < 4.78 is 17.1. The fourth-order valence-corrected chi connectivity index (χ4v) is 3.82. The number of fused-ring (bicyclic) bond motifs is 1. The Morgan fingerprint density at radius 1 is 1.14 bits per heavy atom. The van der Waals surface area contributed by atoms with Crippen LogP contribution < -0.4 is 14.8 Å². The van der Waals surface area contributed by atoms with Gasteiger partial charge in [0.2, 0.25) is 0 Å². The Morgan fingerprint density at radius 2 is 1.97 bits per heavy atom. The molecular formula is C22H25ClN2O4. The van der Waals surface area contributed by atoms with E-state index in [1.54, 1.807) is 12.1 Å². The Labute approximate surface area is 175 Å². The van der Waals surface area contributed by atoms with Gasteiger partial charge in [-0.25, -0.2) is 0 Å². The van der Waals surface area contributed by atoms with Crippen LogP contribution in [0, 0.1) is 0 Å². The molecule has 1 atom stereocenters. The zero-order valence-electron chi connectivity index (χ0n) is 16.2. The van der Waals surface area contributed by atoms with Crippen molar-refractivity contribution >= 4 is 17.5 Å². The highest BCUT2D eigenvalue weighted by molar-refractivity contribution is 6.32. The zero-order valence-corrected chi connectivity index (χ0v) is 17.0. The summed E-state index contributed by atoms with van der Waals surface area (Å²) in [6, 6.07) is 13.7. The normalized spacial score (nSPS) is 19.4. The number of amides is 1. The predicted octanol–water partition coefficient (Wildman–Crippen LogP) is 3.13. The van der Waals surface area contributed by atoms with Crippen LogP contribution in [0.15, 0.2) is 42.5 Å². The number of hydrogen-bond donors (Lipinski definition) is 1. The van der Waals surface area contributed by atoms with Crippen LogP contribution in [0.4, 0.5) is 0 Å². The first-order chi connectivity index (χ1) is 14.2. The maximum Gasteiger partial charge on any atom is 0.251 e. The van der Waals surface area contributed by atoms with Crippen molar-refractivity contribution in [2.24, 2.45) is 0 Å². The van der Waals surface area contributed by atoms with Crippen LogP contribution >= 0.6 is 11.6 Å². The Kier molecular flexibility index (Phi) is 6.54. The first kappa shape index (κ1) is 20.0. The average Bonchev–Trinajstić information content (AvgIpc) is 2.99. The molecule has 29 heavy (non-hydrogen) atoms. The Bertz CT molecular complexity index is 846. The van der Waals surface area contributed by atoms with Gasteiger partial charge in [-0.1, -0.05) is 41.9 Å². The summed E-state index contributed by atoms with van der Waals surface area (Å²) in [7, 11) is 0.